The number of nitrogens with one attached hydrogen (secondary N) is 1. The van der Waals surface area contributed by atoms with Crippen LogP contribution in [-0.4, -0.2) is 38.4 Å². The van der Waals surface area contributed by atoms with Crippen LogP contribution in [0.4, 0.5) is 18.0 Å². The van der Waals surface area contributed by atoms with Crippen molar-refractivity contribution >= 4 is 13.7 Å². The number of halogens is 3. The van der Waals surface area contributed by atoms with Gasteiger partial charge in [-0.25, -0.2) is 4.79 Å². The van der Waals surface area contributed by atoms with E-state index < -0.39 is 25.6 Å². The van der Waals surface area contributed by atoms with E-state index in [4.69, 9.17) is 0 Å². The molecule has 6 nitrogen and oxygen atoms in total. The summed E-state index contributed by atoms with van der Waals surface area (Å²) in [7, 11) is -3.67. The van der Waals surface area contributed by atoms with E-state index in [2.05, 4.69) is 13.8 Å². The lowest BCUT2D eigenvalue weighted by molar-refractivity contribution is -0.140. The van der Waals surface area contributed by atoms with Gasteiger partial charge in [0, 0.05) is 0 Å². The van der Waals surface area contributed by atoms with Crippen LogP contribution in [0.1, 0.15) is 13.8 Å². The number of alkyl carbamates (subject to hydrolysis) is 1. The second kappa shape index (κ2) is 6.96. The summed E-state index contributed by atoms with van der Waals surface area (Å²) in [6, 6.07) is 0. The molecule has 1 N–H and O–H groups in total. The molecular weight excluding hydrogens is 278 g/mol. The zero-order chi connectivity index (χ0) is 14.4. The van der Waals surface area contributed by atoms with Crippen LogP contribution < -0.4 is 5.32 Å². The van der Waals surface area contributed by atoms with Crippen molar-refractivity contribution in [1.29, 1.82) is 0 Å². The fourth-order valence-electron chi connectivity index (χ4n) is 1.06. The molecule has 0 saturated heterocycles. The second-order valence-electron chi connectivity index (χ2n) is 2.96. The summed E-state index contributed by atoms with van der Waals surface area (Å²) in [6.07, 6.45) is -6.37. The molecule has 0 bridgehead atoms. The van der Waals surface area contributed by atoms with Crippen molar-refractivity contribution in [3.63, 3.8) is 0 Å². The lowest BCUT2D eigenvalue weighted by Gasteiger charge is -2.27. The molecule has 0 radical (unpaired) electrons. The quantitative estimate of drug-likeness (QED) is 0.762. The van der Waals surface area contributed by atoms with Crippen molar-refractivity contribution in [1.82, 2.24) is 5.32 Å². The fraction of sp³-hybridized carbons (Fsp3) is 0.875. The van der Waals surface area contributed by atoms with Gasteiger partial charge in [-0.05, 0) is 13.8 Å². The summed E-state index contributed by atoms with van der Waals surface area (Å²) in [4.78, 5) is 10.9. The highest BCUT2D eigenvalue weighted by Crippen LogP contribution is 2.56. The smallest absolute Gasteiger partial charge is 0.420 e. The molecule has 18 heavy (non-hydrogen) atoms. The molecule has 0 saturated carbocycles. The predicted octanol–water partition coefficient (Wildman–Crippen LogP) is 2.50. The SMILES string of the molecule is CCOP(=O)(OCC)C(NC(=O)OC)C(F)(F)F. The highest BCUT2D eigenvalue weighted by Gasteiger charge is 2.55. The normalized spacial score (nSPS) is 14.1. The molecule has 0 aliphatic carbocycles. The molecule has 108 valence electrons. The van der Waals surface area contributed by atoms with E-state index in [-0.39, 0.29) is 13.2 Å². The second-order valence-corrected chi connectivity index (χ2v) is 5.07. The van der Waals surface area contributed by atoms with E-state index in [0.717, 1.165) is 7.11 Å². The lowest BCUT2D eigenvalue weighted by atomic mass is 10.6. The van der Waals surface area contributed by atoms with Gasteiger partial charge in [0.05, 0.1) is 20.3 Å². The van der Waals surface area contributed by atoms with E-state index in [1.807, 2.05) is 0 Å². The molecule has 1 unspecified atom stereocenters. The highest BCUT2D eigenvalue weighted by molar-refractivity contribution is 7.54. The Morgan fingerprint density at radius 3 is 2.00 bits per heavy atom. The third-order valence-electron chi connectivity index (χ3n) is 1.68. The standard InChI is InChI=1S/C8H15F3NO5P/c1-4-16-18(14,17-5-2)6(8(9,10)11)12-7(13)15-3/h6H,4-5H2,1-3H3,(H,12,13). The molecule has 1 amide bonds. The van der Waals surface area contributed by atoms with Crippen molar-refractivity contribution < 1.29 is 36.3 Å². The molecule has 0 aliphatic rings. The number of methoxy groups -OCH3 is 1. The van der Waals surface area contributed by atoms with E-state index in [1.165, 1.54) is 19.2 Å². The van der Waals surface area contributed by atoms with Gasteiger partial charge in [-0.3, -0.25) is 9.88 Å². The minimum atomic E-state index is -4.99. The number of rotatable bonds is 6. The Hall–Kier alpha value is -0.790. The molecule has 0 heterocycles. The van der Waals surface area contributed by atoms with Crippen LogP contribution in [0.5, 0.6) is 0 Å². The molecule has 10 heteroatoms. The van der Waals surface area contributed by atoms with Crippen LogP contribution in [-0.2, 0) is 18.3 Å². The summed E-state index contributed by atoms with van der Waals surface area (Å²) >= 11 is 0. The summed E-state index contributed by atoms with van der Waals surface area (Å²) in [5, 5.41) is 1.42. The Bertz CT molecular complexity index is 312. The van der Waals surface area contributed by atoms with Crippen LogP contribution in [0.25, 0.3) is 0 Å². The highest BCUT2D eigenvalue weighted by atomic mass is 31.2. The molecule has 0 fully saturated rings. The van der Waals surface area contributed by atoms with Gasteiger partial charge in [-0.15, -0.1) is 0 Å². The molecule has 0 aliphatic heterocycles. The first-order valence-corrected chi connectivity index (χ1v) is 6.62. The third kappa shape index (κ3) is 4.83. The van der Waals surface area contributed by atoms with Gasteiger partial charge in [0.15, 0.2) is 0 Å². The molecule has 0 rings (SSSR count). The van der Waals surface area contributed by atoms with Crippen LogP contribution in [0, 0.1) is 0 Å². The Balaban J connectivity index is 5.24. The molecule has 0 aromatic carbocycles. The average Bonchev–Trinajstić information content (AvgIpc) is 2.24. The zero-order valence-corrected chi connectivity index (χ0v) is 11.0. The summed E-state index contributed by atoms with van der Waals surface area (Å²) in [6.45, 7) is 2.20. The summed E-state index contributed by atoms with van der Waals surface area (Å²) < 4.78 is 63.4. The number of alkyl halides is 3. The first-order chi connectivity index (χ1) is 8.21. The van der Waals surface area contributed by atoms with Crippen molar-refractivity contribution in [3.8, 4) is 0 Å². The molecule has 0 aromatic rings. The number of amides is 1. The van der Waals surface area contributed by atoms with Gasteiger partial charge in [0.1, 0.15) is 0 Å². The molecular formula is C8H15F3NO5P. The Morgan fingerprint density at radius 1 is 1.28 bits per heavy atom. The number of ether oxygens (including phenoxy) is 1. The fourth-order valence-corrected chi connectivity index (χ4v) is 2.77. The number of hydrogen-bond acceptors (Lipinski definition) is 5. The van der Waals surface area contributed by atoms with Crippen LogP contribution in [0.2, 0.25) is 0 Å². The average molecular weight is 293 g/mol. The Morgan fingerprint density at radius 2 is 1.72 bits per heavy atom. The minimum absolute atomic E-state index is 0.257. The molecule has 0 spiro atoms. The topological polar surface area (TPSA) is 73.9 Å². The first-order valence-electron chi connectivity index (χ1n) is 5.01. The third-order valence-corrected chi connectivity index (χ3v) is 3.97. The van der Waals surface area contributed by atoms with E-state index >= 15 is 0 Å². The van der Waals surface area contributed by atoms with Crippen molar-refractivity contribution in [2.75, 3.05) is 20.3 Å². The monoisotopic (exact) mass is 293 g/mol. The summed E-state index contributed by atoms with van der Waals surface area (Å²) in [5.41, 5.74) is 0. The van der Waals surface area contributed by atoms with Gasteiger partial charge in [0.2, 0.25) is 5.78 Å². The van der Waals surface area contributed by atoms with Crippen LogP contribution in [0.15, 0.2) is 0 Å². The van der Waals surface area contributed by atoms with Gasteiger partial charge >= 0.3 is 19.9 Å². The van der Waals surface area contributed by atoms with E-state index in [0.29, 0.717) is 0 Å². The van der Waals surface area contributed by atoms with Gasteiger partial charge in [0.25, 0.3) is 0 Å². The van der Waals surface area contributed by atoms with Crippen molar-refractivity contribution in [2.45, 2.75) is 25.8 Å². The maximum atomic E-state index is 12.8. The zero-order valence-electron chi connectivity index (χ0n) is 10.1. The Labute approximate surface area is 102 Å². The summed E-state index contributed by atoms with van der Waals surface area (Å²) in [5.74, 6) is -2.77. The van der Waals surface area contributed by atoms with Crippen molar-refractivity contribution in [3.05, 3.63) is 0 Å². The van der Waals surface area contributed by atoms with Crippen LogP contribution >= 0.6 is 7.60 Å². The molecule has 0 aromatic heterocycles. The lowest BCUT2D eigenvalue weighted by Crippen LogP contribution is -2.45. The largest absolute Gasteiger partial charge is 0.453 e. The van der Waals surface area contributed by atoms with Gasteiger partial charge < -0.3 is 13.8 Å². The number of carbonyl (C=O) groups is 1. The maximum absolute atomic E-state index is 12.8. The van der Waals surface area contributed by atoms with Gasteiger partial charge in [-0.1, -0.05) is 0 Å². The predicted molar refractivity (Wildman–Crippen MR) is 56.2 cm³/mol. The van der Waals surface area contributed by atoms with Crippen LogP contribution in [0.3, 0.4) is 0 Å². The first kappa shape index (κ1) is 17.2. The minimum Gasteiger partial charge on any atom is -0.453 e. The van der Waals surface area contributed by atoms with E-state index in [1.54, 1.807) is 0 Å². The molecule has 1 atom stereocenters. The number of hydrogen-bond donors (Lipinski definition) is 1. The Kier molecular flexibility index (Phi) is 6.66. The van der Waals surface area contributed by atoms with Gasteiger partial charge in [-0.2, -0.15) is 13.2 Å². The maximum Gasteiger partial charge on any atom is 0.420 e. The number of carbonyl (C=O) groups excluding carboxylic acids is 1. The van der Waals surface area contributed by atoms with E-state index in [9.17, 15) is 22.5 Å². The van der Waals surface area contributed by atoms with Crippen molar-refractivity contribution in [2.24, 2.45) is 0 Å².